The molecule has 0 unspecified atom stereocenters. The lowest BCUT2D eigenvalue weighted by Gasteiger charge is -2.36. The van der Waals surface area contributed by atoms with Gasteiger partial charge in [-0.15, -0.1) is 24.8 Å². The third kappa shape index (κ3) is 5.15. The molecule has 0 saturated carbocycles. The molecule has 0 radical (unpaired) electrons. The van der Waals surface area contributed by atoms with Crippen LogP contribution in [-0.2, 0) is 0 Å². The molecule has 122 valence electrons. The molecule has 0 aliphatic carbocycles. The molecule has 1 saturated heterocycles. The highest BCUT2D eigenvalue weighted by molar-refractivity contribution is 9.10. The third-order valence-electron chi connectivity index (χ3n) is 3.60. The van der Waals surface area contributed by atoms with Gasteiger partial charge >= 0.3 is 0 Å². The first-order valence-electron chi connectivity index (χ1n) is 6.76. The molecule has 1 aromatic rings. The highest BCUT2D eigenvalue weighted by Crippen LogP contribution is 2.41. The fourth-order valence-electron chi connectivity index (χ4n) is 2.65. The fourth-order valence-corrected chi connectivity index (χ4v) is 3.40. The van der Waals surface area contributed by atoms with Crippen molar-refractivity contribution in [3.05, 3.63) is 27.2 Å². The minimum atomic E-state index is 0. The van der Waals surface area contributed by atoms with Crippen molar-refractivity contribution in [2.24, 2.45) is 0 Å². The lowest BCUT2D eigenvalue weighted by Crippen LogP contribution is -2.45. The predicted molar refractivity (Wildman–Crippen MR) is 97.4 cm³/mol. The topological polar surface area (TPSA) is 35.5 Å². The number of aromatic hydroxyl groups is 1. The summed E-state index contributed by atoms with van der Waals surface area (Å²) < 4.78 is 0.936. The maximum absolute atomic E-state index is 10.3. The molecular formula is C14H22BrCl3N2O. The largest absolute Gasteiger partial charge is 0.506 e. The smallest absolute Gasteiger partial charge is 0.140 e. The SMILES string of the molecule is CCC[C@H](c1c(Br)ccc(Cl)c1O)N1CCNCC1.Cl.Cl. The Hall–Kier alpha value is 0.290. The van der Waals surface area contributed by atoms with Crippen LogP contribution in [0.5, 0.6) is 5.75 Å². The summed E-state index contributed by atoms with van der Waals surface area (Å²) in [5, 5.41) is 14.1. The first-order valence-corrected chi connectivity index (χ1v) is 7.94. The van der Waals surface area contributed by atoms with E-state index in [0.29, 0.717) is 5.02 Å². The van der Waals surface area contributed by atoms with Crippen LogP contribution in [0.25, 0.3) is 0 Å². The molecule has 1 heterocycles. The zero-order valence-corrected chi connectivity index (χ0v) is 15.9. The van der Waals surface area contributed by atoms with Crippen LogP contribution in [0.3, 0.4) is 0 Å². The summed E-state index contributed by atoms with van der Waals surface area (Å²) in [6.07, 6.45) is 2.10. The number of halogens is 4. The maximum atomic E-state index is 10.3. The van der Waals surface area contributed by atoms with Crippen molar-refractivity contribution in [2.75, 3.05) is 26.2 Å². The molecule has 1 aliphatic heterocycles. The highest BCUT2D eigenvalue weighted by atomic mass is 79.9. The molecule has 0 aromatic heterocycles. The van der Waals surface area contributed by atoms with Gasteiger partial charge in [-0.05, 0) is 18.6 Å². The Morgan fingerprint density at radius 3 is 2.52 bits per heavy atom. The number of benzene rings is 1. The van der Waals surface area contributed by atoms with Crippen LogP contribution in [0.15, 0.2) is 16.6 Å². The lowest BCUT2D eigenvalue weighted by molar-refractivity contribution is 0.161. The van der Waals surface area contributed by atoms with Gasteiger partial charge in [0.2, 0.25) is 0 Å². The van der Waals surface area contributed by atoms with Gasteiger partial charge < -0.3 is 10.4 Å². The number of phenols is 1. The molecule has 0 bridgehead atoms. The summed E-state index contributed by atoms with van der Waals surface area (Å²) >= 11 is 9.62. The molecule has 7 heteroatoms. The number of phenolic OH excluding ortho intramolecular Hbond substituents is 1. The Morgan fingerprint density at radius 2 is 1.95 bits per heavy atom. The van der Waals surface area contributed by atoms with Crippen molar-refractivity contribution >= 4 is 52.3 Å². The van der Waals surface area contributed by atoms with Gasteiger partial charge in [0.05, 0.1) is 5.02 Å². The normalized spacial score (nSPS) is 16.7. The second kappa shape index (κ2) is 10.1. The zero-order chi connectivity index (χ0) is 13.8. The average Bonchev–Trinajstić information content (AvgIpc) is 2.43. The number of hydrogen-bond acceptors (Lipinski definition) is 3. The summed E-state index contributed by atoms with van der Waals surface area (Å²) in [5.74, 6) is 0.216. The number of rotatable bonds is 4. The molecule has 21 heavy (non-hydrogen) atoms. The van der Waals surface area contributed by atoms with Crippen LogP contribution >= 0.6 is 52.3 Å². The van der Waals surface area contributed by atoms with E-state index >= 15 is 0 Å². The van der Waals surface area contributed by atoms with Crippen molar-refractivity contribution < 1.29 is 5.11 Å². The predicted octanol–water partition coefficient (Wildman–Crippen LogP) is 4.40. The first kappa shape index (κ1) is 21.3. The van der Waals surface area contributed by atoms with E-state index in [0.717, 1.165) is 49.1 Å². The van der Waals surface area contributed by atoms with Gasteiger partial charge in [0.15, 0.2) is 0 Å². The molecule has 3 nitrogen and oxygen atoms in total. The van der Waals surface area contributed by atoms with Crippen LogP contribution in [0.4, 0.5) is 0 Å². The van der Waals surface area contributed by atoms with Gasteiger partial charge in [-0.1, -0.05) is 40.9 Å². The quantitative estimate of drug-likeness (QED) is 0.758. The average molecular weight is 421 g/mol. The van der Waals surface area contributed by atoms with Gasteiger partial charge in [0.1, 0.15) is 5.75 Å². The second-order valence-electron chi connectivity index (χ2n) is 4.88. The van der Waals surface area contributed by atoms with Crippen LogP contribution in [0.1, 0.15) is 31.4 Å². The van der Waals surface area contributed by atoms with Crippen molar-refractivity contribution in [3.8, 4) is 5.75 Å². The van der Waals surface area contributed by atoms with Gasteiger partial charge in [0.25, 0.3) is 0 Å². The van der Waals surface area contributed by atoms with E-state index < -0.39 is 0 Å². The Bertz CT molecular complexity index is 442. The van der Waals surface area contributed by atoms with E-state index in [1.807, 2.05) is 6.07 Å². The monoisotopic (exact) mass is 418 g/mol. The third-order valence-corrected chi connectivity index (χ3v) is 4.60. The molecular weight excluding hydrogens is 398 g/mol. The van der Waals surface area contributed by atoms with E-state index in [4.69, 9.17) is 11.6 Å². The molecule has 0 spiro atoms. The Morgan fingerprint density at radius 1 is 1.33 bits per heavy atom. The van der Waals surface area contributed by atoms with Crippen molar-refractivity contribution in [1.29, 1.82) is 0 Å². The van der Waals surface area contributed by atoms with Crippen LogP contribution in [0.2, 0.25) is 5.02 Å². The van der Waals surface area contributed by atoms with Gasteiger partial charge in [-0.3, -0.25) is 4.90 Å². The number of nitrogens with one attached hydrogen (secondary N) is 1. The standard InChI is InChI=1S/C14H20BrClN2O.2ClH/c1-2-3-12(18-8-6-17-7-9-18)13-10(15)4-5-11(16)14(13)19;;/h4-5,12,17,19H,2-3,6-9H2,1H3;2*1H/t12-;;/m1../s1. The molecule has 2 N–H and O–H groups in total. The van der Waals surface area contributed by atoms with Crippen LogP contribution in [0, 0.1) is 0 Å². The fraction of sp³-hybridized carbons (Fsp3) is 0.571. The molecule has 1 atom stereocenters. The van der Waals surface area contributed by atoms with Gasteiger partial charge in [0, 0.05) is 42.3 Å². The van der Waals surface area contributed by atoms with Gasteiger partial charge in [-0.25, -0.2) is 0 Å². The summed E-state index contributed by atoms with van der Waals surface area (Å²) in [6, 6.07) is 3.87. The maximum Gasteiger partial charge on any atom is 0.140 e. The Balaban J connectivity index is 0.00000200. The molecule has 1 aliphatic rings. The second-order valence-corrected chi connectivity index (χ2v) is 6.14. The minimum Gasteiger partial charge on any atom is -0.506 e. The minimum absolute atomic E-state index is 0. The van der Waals surface area contributed by atoms with Gasteiger partial charge in [-0.2, -0.15) is 0 Å². The highest BCUT2D eigenvalue weighted by Gasteiger charge is 2.26. The van der Waals surface area contributed by atoms with Crippen molar-refractivity contribution in [1.82, 2.24) is 10.2 Å². The van der Waals surface area contributed by atoms with Crippen LogP contribution in [-0.4, -0.2) is 36.2 Å². The Kier molecular flexibility index (Phi) is 10.3. The van der Waals surface area contributed by atoms with Crippen molar-refractivity contribution in [2.45, 2.75) is 25.8 Å². The Labute approximate surface area is 152 Å². The number of piperazine rings is 1. The van der Waals surface area contributed by atoms with Crippen LogP contribution < -0.4 is 5.32 Å². The zero-order valence-electron chi connectivity index (χ0n) is 11.9. The summed E-state index contributed by atoms with van der Waals surface area (Å²) in [5.41, 5.74) is 0.927. The molecule has 1 fully saturated rings. The van der Waals surface area contributed by atoms with E-state index in [9.17, 15) is 5.11 Å². The molecule has 2 rings (SSSR count). The van der Waals surface area contributed by atoms with E-state index in [1.165, 1.54) is 0 Å². The van der Waals surface area contributed by atoms with E-state index in [2.05, 4.69) is 33.1 Å². The number of nitrogens with zero attached hydrogens (tertiary/aromatic N) is 1. The van der Waals surface area contributed by atoms with E-state index in [-0.39, 0.29) is 36.6 Å². The van der Waals surface area contributed by atoms with Crippen molar-refractivity contribution in [3.63, 3.8) is 0 Å². The summed E-state index contributed by atoms with van der Waals surface area (Å²) in [7, 11) is 0. The summed E-state index contributed by atoms with van der Waals surface area (Å²) in [6.45, 7) is 6.18. The summed E-state index contributed by atoms with van der Waals surface area (Å²) in [4.78, 5) is 2.43. The lowest BCUT2D eigenvalue weighted by atomic mass is 9.99. The molecule has 0 amide bonds. The number of hydrogen-bond donors (Lipinski definition) is 2. The van der Waals surface area contributed by atoms with E-state index in [1.54, 1.807) is 6.07 Å². The molecule has 1 aromatic carbocycles. The first-order chi connectivity index (χ1) is 9.15.